The lowest BCUT2D eigenvalue weighted by Gasteiger charge is -2.28. The topological polar surface area (TPSA) is 105 Å². The van der Waals surface area contributed by atoms with Crippen LogP contribution in [0.2, 0.25) is 10.0 Å². The van der Waals surface area contributed by atoms with E-state index in [1.54, 1.807) is 0 Å². The van der Waals surface area contributed by atoms with Gasteiger partial charge in [0.25, 0.3) is 0 Å². The van der Waals surface area contributed by atoms with E-state index in [0.717, 1.165) is 54.2 Å². The van der Waals surface area contributed by atoms with E-state index >= 15 is 0 Å². The average Bonchev–Trinajstić information content (AvgIpc) is 3.23. The van der Waals surface area contributed by atoms with Crippen molar-refractivity contribution in [3.63, 3.8) is 0 Å². The fourth-order valence-corrected chi connectivity index (χ4v) is 4.37. The molecule has 1 aromatic carbocycles. The molecule has 0 amide bonds. The number of nitrogens with two attached hydrogens (primary N) is 1. The normalized spacial score (nSPS) is 15.2. The quantitative estimate of drug-likeness (QED) is 0.382. The van der Waals surface area contributed by atoms with Crippen molar-refractivity contribution in [2.24, 2.45) is 5.73 Å². The number of anilines is 1. The molecular formula is C22H21Cl2N7O. The molecule has 4 N–H and O–H groups in total. The minimum atomic E-state index is -0.842. The van der Waals surface area contributed by atoms with E-state index < -0.39 is 6.23 Å². The summed E-state index contributed by atoms with van der Waals surface area (Å²) in [7, 11) is 0. The maximum absolute atomic E-state index is 6.22. The largest absolute Gasteiger partial charge is 0.471 e. The number of ether oxygens (including phenoxy) is 1. The molecular weight excluding hydrogens is 449 g/mol. The SMILES string of the molecule is N[C@@H](Oc1ccc2[nH]nc(-c3ccc(N4CCNCC4)nc3)c2c1)c1c(Cl)cncc1Cl. The second kappa shape index (κ2) is 8.91. The van der Waals surface area contributed by atoms with E-state index in [1.165, 1.54) is 12.4 Å². The molecule has 0 bridgehead atoms. The van der Waals surface area contributed by atoms with Gasteiger partial charge in [-0.15, -0.1) is 0 Å². The molecule has 0 aliphatic carbocycles. The van der Waals surface area contributed by atoms with E-state index in [1.807, 2.05) is 36.5 Å². The van der Waals surface area contributed by atoms with Gasteiger partial charge in [-0.3, -0.25) is 15.8 Å². The number of hydrogen-bond donors (Lipinski definition) is 3. The zero-order valence-electron chi connectivity index (χ0n) is 17.1. The van der Waals surface area contributed by atoms with E-state index in [2.05, 4.69) is 30.4 Å². The third-order valence-corrected chi connectivity index (χ3v) is 6.04. The monoisotopic (exact) mass is 469 g/mol. The molecule has 10 heteroatoms. The number of hydrogen-bond acceptors (Lipinski definition) is 7. The Morgan fingerprint density at radius 1 is 1.03 bits per heavy atom. The summed E-state index contributed by atoms with van der Waals surface area (Å²) >= 11 is 12.4. The van der Waals surface area contributed by atoms with Crippen LogP contribution in [0.4, 0.5) is 5.82 Å². The molecule has 1 aliphatic heterocycles. The molecule has 0 spiro atoms. The number of halogens is 2. The molecule has 1 fully saturated rings. The maximum atomic E-state index is 6.22. The fourth-order valence-electron chi connectivity index (χ4n) is 3.79. The Bertz CT molecular complexity index is 1220. The highest BCUT2D eigenvalue weighted by Crippen LogP contribution is 2.33. The highest BCUT2D eigenvalue weighted by atomic mass is 35.5. The number of fused-ring (bicyclic) bond motifs is 1. The van der Waals surface area contributed by atoms with Crippen molar-refractivity contribution in [3.05, 3.63) is 64.5 Å². The van der Waals surface area contributed by atoms with Crippen LogP contribution < -0.4 is 20.7 Å². The highest BCUT2D eigenvalue weighted by molar-refractivity contribution is 6.35. The smallest absolute Gasteiger partial charge is 0.177 e. The van der Waals surface area contributed by atoms with Crippen molar-refractivity contribution in [2.45, 2.75) is 6.23 Å². The molecule has 4 heterocycles. The summed E-state index contributed by atoms with van der Waals surface area (Å²) in [5, 5.41) is 12.5. The minimum Gasteiger partial charge on any atom is -0.471 e. The summed E-state index contributed by atoms with van der Waals surface area (Å²) < 4.78 is 5.94. The second-order valence-electron chi connectivity index (χ2n) is 7.48. The number of nitrogens with zero attached hydrogens (tertiary/aromatic N) is 4. The summed E-state index contributed by atoms with van der Waals surface area (Å²) in [6, 6.07) is 9.67. The van der Waals surface area contributed by atoms with Crippen molar-refractivity contribution in [2.75, 3.05) is 31.1 Å². The Morgan fingerprint density at radius 2 is 1.81 bits per heavy atom. The predicted octanol–water partition coefficient (Wildman–Crippen LogP) is 3.77. The molecule has 4 aromatic rings. The Labute approximate surface area is 194 Å². The molecule has 0 unspecified atom stereocenters. The number of nitrogens with one attached hydrogen (secondary N) is 2. The molecule has 1 aliphatic rings. The van der Waals surface area contributed by atoms with Gasteiger partial charge < -0.3 is 15.0 Å². The van der Waals surface area contributed by atoms with Crippen LogP contribution >= 0.6 is 23.2 Å². The Kier molecular flexibility index (Phi) is 5.84. The first-order chi connectivity index (χ1) is 15.6. The minimum absolute atomic E-state index is 0.353. The molecule has 1 saturated heterocycles. The third-order valence-electron chi connectivity index (χ3n) is 5.43. The first kappa shape index (κ1) is 21.0. The van der Waals surface area contributed by atoms with Gasteiger partial charge in [0, 0.05) is 61.3 Å². The van der Waals surface area contributed by atoms with Gasteiger partial charge in [0.2, 0.25) is 0 Å². The zero-order valence-corrected chi connectivity index (χ0v) is 18.6. The highest BCUT2D eigenvalue weighted by Gasteiger charge is 2.18. The number of rotatable bonds is 5. The van der Waals surface area contributed by atoms with Gasteiger partial charge in [0.05, 0.1) is 15.6 Å². The lowest BCUT2D eigenvalue weighted by atomic mass is 10.1. The number of H-pyrrole nitrogens is 1. The zero-order chi connectivity index (χ0) is 22.1. The van der Waals surface area contributed by atoms with Gasteiger partial charge >= 0.3 is 0 Å². The second-order valence-corrected chi connectivity index (χ2v) is 8.29. The molecule has 1 atom stereocenters. The summed E-state index contributed by atoms with van der Waals surface area (Å²) in [5.41, 5.74) is 9.30. The van der Waals surface area contributed by atoms with Crippen LogP contribution in [-0.4, -0.2) is 46.3 Å². The number of piperazine rings is 1. The van der Waals surface area contributed by atoms with Crippen LogP contribution in [0, 0.1) is 0 Å². The molecule has 8 nitrogen and oxygen atoms in total. The Balaban J connectivity index is 1.41. The first-order valence-electron chi connectivity index (χ1n) is 10.2. The number of aromatic nitrogens is 4. The number of benzene rings is 1. The summed E-state index contributed by atoms with van der Waals surface area (Å²) in [5.74, 6) is 1.54. The van der Waals surface area contributed by atoms with Crippen LogP contribution in [0.5, 0.6) is 5.75 Å². The lowest BCUT2D eigenvalue weighted by molar-refractivity contribution is 0.214. The maximum Gasteiger partial charge on any atom is 0.177 e. The van der Waals surface area contributed by atoms with Crippen LogP contribution in [-0.2, 0) is 0 Å². The molecule has 0 radical (unpaired) electrons. The van der Waals surface area contributed by atoms with Gasteiger partial charge in [0.1, 0.15) is 17.3 Å². The van der Waals surface area contributed by atoms with Crippen molar-refractivity contribution in [1.29, 1.82) is 0 Å². The predicted molar refractivity (Wildman–Crippen MR) is 126 cm³/mol. The van der Waals surface area contributed by atoms with E-state index in [0.29, 0.717) is 21.4 Å². The van der Waals surface area contributed by atoms with Crippen molar-refractivity contribution in [1.82, 2.24) is 25.5 Å². The van der Waals surface area contributed by atoms with Gasteiger partial charge in [-0.05, 0) is 30.3 Å². The third kappa shape index (κ3) is 4.10. The first-order valence-corrected chi connectivity index (χ1v) is 11.0. The molecule has 0 saturated carbocycles. The summed E-state index contributed by atoms with van der Waals surface area (Å²) in [6.45, 7) is 3.83. The molecule has 164 valence electrons. The van der Waals surface area contributed by atoms with Crippen LogP contribution in [0.1, 0.15) is 11.8 Å². The van der Waals surface area contributed by atoms with Crippen molar-refractivity contribution < 1.29 is 4.74 Å². The standard InChI is InChI=1S/C22H21Cl2N7O/c23-16-11-27-12-17(24)20(16)22(25)32-14-2-3-18-15(9-14)21(30-29-18)13-1-4-19(28-10-13)31-7-5-26-6-8-31/h1-4,9-12,22,26H,5-8,25H2,(H,29,30)/t22-/m0/s1. The lowest BCUT2D eigenvalue weighted by Crippen LogP contribution is -2.43. The Morgan fingerprint density at radius 3 is 2.53 bits per heavy atom. The van der Waals surface area contributed by atoms with Crippen molar-refractivity contribution in [3.8, 4) is 17.0 Å². The van der Waals surface area contributed by atoms with Gasteiger partial charge in [-0.1, -0.05) is 23.2 Å². The van der Waals surface area contributed by atoms with E-state index in [9.17, 15) is 0 Å². The molecule has 5 rings (SSSR count). The van der Waals surface area contributed by atoms with Crippen LogP contribution in [0.25, 0.3) is 22.2 Å². The Hall–Kier alpha value is -2.91. The number of aromatic amines is 1. The van der Waals surface area contributed by atoms with E-state index in [-0.39, 0.29) is 0 Å². The number of pyridine rings is 2. The molecule has 32 heavy (non-hydrogen) atoms. The van der Waals surface area contributed by atoms with Crippen LogP contribution in [0.15, 0.2) is 48.9 Å². The van der Waals surface area contributed by atoms with Gasteiger partial charge in [0.15, 0.2) is 6.23 Å². The average molecular weight is 470 g/mol. The van der Waals surface area contributed by atoms with Crippen LogP contribution in [0.3, 0.4) is 0 Å². The van der Waals surface area contributed by atoms with Gasteiger partial charge in [-0.2, -0.15) is 5.10 Å². The summed E-state index contributed by atoms with van der Waals surface area (Å²) in [4.78, 5) is 10.9. The van der Waals surface area contributed by atoms with Crippen molar-refractivity contribution >= 4 is 39.9 Å². The fraction of sp³-hybridized carbons (Fsp3) is 0.227. The van der Waals surface area contributed by atoms with Gasteiger partial charge in [-0.25, -0.2) is 4.98 Å². The summed E-state index contributed by atoms with van der Waals surface area (Å²) in [6.07, 6.45) is 3.98. The van der Waals surface area contributed by atoms with E-state index in [4.69, 9.17) is 33.7 Å². The molecule has 3 aromatic heterocycles.